The molecule has 2 atom stereocenters. The maximum absolute atomic E-state index is 5.46. The molecular weight excluding hydrogens is 240 g/mol. The third kappa shape index (κ3) is 2.36. The van der Waals surface area contributed by atoms with Gasteiger partial charge < -0.3 is 14.8 Å². The fourth-order valence-electron chi connectivity index (χ4n) is 3.32. The third-order valence-corrected chi connectivity index (χ3v) is 4.33. The summed E-state index contributed by atoms with van der Waals surface area (Å²) in [6.45, 7) is 3.78. The molecule has 0 spiro atoms. The van der Waals surface area contributed by atoms with Gasteiger partial charge in [0.2, 0.25) is 0 Å². The van der Waals surface area contributed by atoms with Gasteiger partial charge in [-0.2, -0.15) is 0 Å². The van der Waals surface area contributed by atoms with Crippen LogP contribution in [-0.2, 0) is 11.2 Å². The van der Waals surface area contributed by atoms with Crippen LogP contribution in [-0.4, -0.2) is 51.4 Å². The summed E-state index contributed by atoms with van der Waals surface area (Å²) >= 11 is 0. The van der Waals surface area contributed by atoms with Gasteiger partial charge in [0.15, 0.2) is 0 Å². The Morgan fingerprint density at radius 2 is 2.11 bits per heavy atom. The molecule has 3 rings (SSSR count). The predicted molar refractivity (Wildman–Crippen MR) is 74.7 cm³/mol. The van der Waals surface area contributed by atoms with E-state index in [0.717, 1.165) is 38.5 Å². The van der Waals surface area contributed by atoms with Crippen LogP contribution in [0.1, 0.15) is 17.2 Å². The van der Waals surface area contributed by atoms with Crippen LogP contribution in [0, 0.1) is 0 Å². The molecule has 19 heavy (non-hydrogen) atoms. The average Bonchev–Trinajstić information content (AvgIpc) is 2.85. The van der Waals surface area contributed by atoms with Gasteiger partial charge >= 0.3 is 0 Å². The molecule has 0 amide bonds. The Labute approximate surface area is 114 Å². The second-order valence-corrected chi connectivity index (χ2v) is 5.25. The Morgan fingerprint density at radius 1 is 1.32 bits per heavy atom. The van der Waals surface area contributed by atoms with Crippen LogP contribution >= 0.6 is 0 Å². The first-order valence-corrected chi connectivity index (χ1v) is 6.99. The van der Waals surface area contributed by atoms with Crippen molar-refractivity contribution in [1.82, 2.24) is 10.2 Å². The number of fused-ring (bicyclic) bond motifs is 1. The van der Waals surface area contributed by atoms with Gasteiger partial charge in [-0.05, 0) is 36.7 Å². The molecule has 1 aliphatic heterocycles. The normalized spacial score (nSPS) is 27.3. The summed E-state index contributed by atoms with van der Waals surface area (Å²) in [7, 11) is 3.78. The molecule has 1 saturated heterocycles. The zero-order valence-corrected chi connectivity index (χ0v) is 11.7. The highest BCUT2D eigenvalue weighted by Gasteiger charge is 2.36. The van der Waals surface area contributed by atoms with Crippen molar-refractivity contribution in [2.45, 2.75) is 18.5 Å². The second kappa shape index (κ2) is 5.49. The molecule has 104 valence electrons. The van der Waals surface area contributed by atoms with Gasteiger partial charge in [0.05, 0.1) is 20.3 Å². The first kappa shape index (κ1) is 12.9. The highest BCUT2D eigenvalue weighted by molar-refractivity contribution is 5.42. The summed E-state index contributed by atoms with van der Waals surface area (Å²) in [5.74, 6) is 0.946. The second-order valence-electron chi connectivity index (χ2n) is 5.25. The number of ether oxygens (including phenoxy) is 2. The van der Waals surface area contributed by atoms with Crippen molar-refractivity contribution >= 4 is 0 Å². The molecule has 0 bridgehead atoms. The fraction of sp³-hybridized carbons (Fsp3) is 0.600. The first-order chi connectivity index (χ1) is 9.33. The first-order valence-electron chi connectivity index (χ1n) is 6.99. The van der Waals surface area contributed by atoms with E-state index in [1.165, 1.54) is 11.1 Å². The Balaban J connectivity index is 1.85. The van der Waals surface area contributed by atoms with Gasteiger partial charge in [0.1, 0.15) is 5.75 Å². The molecule has 2 unspecified atom stereocenters. The topological polar surface area (TPSA) is 33.7 Å². The molecule has 1 fully saturated rings. The van der Waals surface area contributed by atoms with Crippen LogP contribution in [0.5, 0.6) is 5.75 Å². The zero-order valence-electron chi connectivity index (χ0n) is 11.7. The number of hydrogen-bond acceptors (Lipinski definition) is 4. The number of morpholine rings is 1. The molecule has 1 aliphatic carbocycles. The van der Waals surface area contributed by atoms with Crippen LogP contribution in [0.15, 0.2) is 18.2 Å². The number of benzene rings is 1. The van der Waals surface area contributed by atoms with E-state index in [9.17, 15) is 0 Å². The largest absolute Gasteiger partial charge is 0.497 e. The van der Waals surface area contributed by atoms with Crippen LogP contribution in [0.25, 0.3) is 0 Å². The van der Waals surface area contributed by atoms with E-state index in [4.69, 9.17) is 9.47 Å². The Morgan fingerprint density at radius 3 is 2.79 bits per heavy atom. The molecule has 1 heterocycles. The molecule has 1 N–H and O–H groups in total. The van der Waals surface area contributed by atoms with Crippen LogP contribution in [0.4, 0.5) is 0 Å². The SMILES string of the molecule is CNC1c2cc(OC)ccc2CC1N1CCOCC1. The number of nitrogens with zero attached hydrogens (tertiary/aromatic N) is 1. The number of nitrogens with one attached hydrogen (secondary N) is 1. The van der Waals surface area contributed by atoms with Gasteiger partial charge in [-0.1, -0.05) is 6.07 Å². The van der Waals surface area contributed by atoms with Gasteiger partial charge in [-0.3, -0.25) is 4.90 Å². The van der Waals surface area contributed by atoms with Crippen LogP contribution in [0.2, 0.25) is 0 Å². The molecule has 0 saturated carbocycles. The summed E-state index contributed by atoms with van der Waals surface area (Å²) in [6.07, 6.45) is 1.12. The highest BCUT2D eigenvalue weighted by atomic mass is 16.5. The van der Waals surface area contributed by atoms with E-state index >= 15 is 0 Å². The van der Waals surface area contributed by atoms with Crippen molar-refractivity contribution in [3.63, 3.8) is 0 Å². The molecule has 1 aromatic carbocycles. The number of hydrogen-bond donors (Lipinski definition) is 1. The summed E-state index contributed by atoms with van der Waals surface area (Å²) in [4.78, 5) is 2.55. The molecule has 0 radical (unpaired) electrons. The van der Waals surface area contributed by atoms with E-state index in [1.54, 1.807) is 7.11 Å². The van der Waals surface area contributed by atoms with E-state index in [0.29, 0.717) is 12.1 Å². The summed E-state index contributed by atoms with van der Waals surface area (Å²) in [6, 6.07) is 7.38. The summed E-state index contributed by atoms with van der Waals surface area (Å²) < 4.78 is 10.8. The molecule has 4 nitrogen and oxygen atoms in total. The number of likely N-dealkylation sites (N-methyl/N-ethyl adjacent to an activating group) is 1. The monoisotopic (exact) mass is 262 g/mol. The molecule has 1 aromatic rings. The van der Waals surface area contributed by atoms with Gasteiger partial charge in [0, 0.05) is 25.2 Å². The molecule has 2 aliphatic rings. The maximum Gasteiger partial charge on any atom is 0.119 e. The third-order valence-electron chi connectivity index (χ3n) is 4.33. The Bertz CT molecular complexity index is 444. The van der Waals surface area contributed by atoms with Gasteiger partial charge in [-0.25, -0.2) is 0 Å². The standard InChI is InChI=1S/C15H22N2O2/c1-16-15-13-10-12(18-2)4-3-11(13)9-14(15)17-5-7-19-8-6-17/h3-4,10,14-16H,5-9H2,1-2H3. The average molecular weight is 262 g/mol. The van der Waals surface area contributed by atoms with Crippen LogP contribution < -0.4 is 10.1 Å². The lowest BCUT2D eigenvalue weighted by Gasteiger charge is -2.35. The van der Waals surface area contributed by atoms with Gasteiger partial charge in [0.25, 0.3) is 0 Å². The van der Waals surface area contributed by atoms with E-state index in [-0.39, 0.29) is 0 Å². The Hall–Kier alpha value is -1.10. The molecule has 0 aromatic heterocycles. The van der Waals surface area contributed by atoms with Crippen LogP contribution in [0.3, 0.4) is 0 Å². The zero-order chi connectivity index (χ0) is 13.2. The van der Waals surface area contributed by atoms with Gasteiger partial charge in [-0.15, -0.1) is 0 Å². The number of rotatable bonds is 3. The van der Waals surface area contributed by atoms with Crippen molar-refractivity contribution in [3.8, 4) is 5.75 Å². The minimum atomic E-state index is 0.392. The Kier molecular flexibility index (Phi) is 3.73. The lowest BCUT2D eigenvalue weighted by atomic mass is 10.1. The quantitative estimate of drug-likeness (QED) is 0.888. The minimum Gasteiger partial charge on any atom is -0.497 e. The minimum absolute atomic E-state index is 0.392. The lowest BCUT2D eigenvalue weighted by molar-refractivity contribution is 0.0112. The molecular formula is C15H22N2O2. The predicted octanol–water partition coefficient (Wildman–Crippen LogP) is 1.21. The fourth-order valence-corrected chi connectivity index (χ4v) is 3.32. The van der Waals surface area contributed by atoms with E-state index < -0.39 is 0 Å². The summed E-state index contributed by atoms with van der Waals surface area (Å²) in [5, 5.41) is 3.48. The number of methoxy groups -OCH3 is 1. The van der Waals surface area contributed by atoms with Crippen molar-refractivity contribution in [3.05, 3.63) is 29.3 Å². The highest BCUT2D eigenvalue weighted by Crippen LogP contribution is 2.36. The van der Waals surface area contributed by atoms with E-state index in [1.807, 2.05) is 7.05 Å². The molecule has 4 heteroatoms. The van der Waals surface area contributed by atoms with Crippen molar-refractivity contribution < 1.29 is 9.47 Å². The van der Waals surface area contributed by atoms with E-state index in [2.05, 4.69) is 28.4 Å². The van der Waals surface area contributed by atoms with Crippen molar-refractivity contribution in [2.75, 3.05) is 40.5 Å². The maximum atomic E-state index is 5.46. The van der Waals surface area contributed by atoms with Crippen molar-refractivity contribution in [1.29, 1.82) is 0 Å². The smallest absolute Gasteiger partial charge is 0.119 e. The summed E-state index contributed by atoms with van der Waals surface area (Å²) in [5.41, 5.74) is 2.83. The lowest BCUT2D eigenvalue weighted by Crippen LogP contribution is -2.47. The van der Waals surface area contributed by atoms with Crippen molar-refractivity contribution in [2.24, 2.45) is 0 Å².